The molecule has 0 aliphatic heterocycles. The summed E-state index contributed by atoms with van der Waals surface area (Å²) in [5.41, 5.74) is 2.64. The molecular weight excluding hydrogens is 485 g/mol. The molecule has 0 spiro atoms. The molecule has 0 aliphatic carbocycles. The first kappa shape index (κ1) is 23.8. The molecule has 0 bridgehead atoms. The lowest BCUT2D eigenvalue weighted by Gasteiger charge is -2.11. The van der Waals surface area contributed by atoms with E-state index in [4.69, 9.17) is 4.74 Å². The lowest BCUT2D eigenvalue weighted by atomic mass is 10.0. The Morgan fingerprint density at radius 2 is 1.37 bits per heavy atom. The third-order valence-corrected chi connectivity index (χ3v) is 6.65. The predicted octanol–water partition coefficient (Wildman–Crippen LogP) is 8.50. The fraction of sp³-hybridized carbons (Fsp3) is 0.0938. The van der Waals surface area contributed by atoms with Gasteiger partial charge in [0.2, 0.25) is 0 Å². The van der Waals surface area contributed by atoms with Crippen molar-refractivity contribution in [1.82, 2.24) is 9.78 Å². The Kier molecular flexibility index (Phi) is 6.08. The molecule has 0 N–H and O–H groups in total. The summed E-state index contributed by atoms with van der Waals surface area (Å²) in [4.78, 5) is 0. The largest absolute Gasteiger partial charge is 0.489 e. The lowest BCUT2D eigenvalue weighted by Crippen LogP contribution is -2.06. The maximum Gasteiger partial charge on any atom is 0.418 e. The smallest absolute Gasteiger partial charge is 0.418 e. The van der Waals surface area contributed by atoms with Crippen LogP contribution in [0.15, 0.2) is 115 Å². The number of alkyl halides is 3. The maximum absolute atomic E-state index is 13.8. The van der Waals surface area contributed by atoms with E-state index < -0.39 is 11.7 Å². The van der Waals surface area contributed by atoms with Gasteiger partial charge >= 0.3 is 6.18 Å². The molecule has 0 unspecified atom stereocenters. The van der Waals surface area contributed by atoms with E-state index in [2.05, 4.69) is 23.3 Å². The van der Waals surface area contributed by atoms with E-state index in [1.807, 2.05) is 78.9 Å². The van der Waals surface area contributed by atoms with Crippen LogP contribution in [-0.4, -0.2) is 9.78 Å². The van der Waals surface area contributed by atoms with Gasteiger partial charge < -0.3 is 4.74 Å². The highest BCUT2D eigenvalue weighted by atomic mass is 19.4. The SMILES string of the molecule is FC(F)(F)c1cccc2c(-c3ccc(OCc4cccc5ccccc45)cc3)n(Cc3ccccc3)nc12. The van der Waals surface area contributed by atoms with Crippen molar-refractivity contribution in [3.63, 3.8) is 0 Å². The summed E-state index contributed by atoms with van der Waals surface area (Å²) in [5, 5.41) is 7.20. The van der Waals surface area contributed by atoms with Gasteiger partial charge in [0.25, 0.3) is 0 Å². The van der Waals surface area contributed by atoms with E-state index >= 15 is 0 Å². The van der Waals surface area contributed by atoms with Gasteiger partial charge in [0.15, 0.2) is 0 Å². The zero-order chi connectivity index (χ0) is 26.1. The lowest BCUT2D eigenvalue weighted by molar-refractivity contribution is -0.136. The Labute approximate surface area is 217 Å². The van der Waals surface area contributed by atoms with Crippen molar-refractivity contribution in [2.75, 3.05) is 0 Å². The summed E-state index contributed by atoms with van der Waals surface area (Å²) in [6.45, 7) is 0.756. The number of halogens is 3. The molecule has 1 heterocycles. The van der Waals surface area contributed by atoms with Crippen LogP contribution in [0.2, 0.25) is 0 Å². The van der Waals surface area contributed by atoms with Crippen LogP contribution < -0.4 is 4.74 Å². The van der Waals surface area contributed by atoms with E-state index in [0.717, 1.165) is 33.5 Å². The average Bonchev–Trinajstić information content (AvgIpc) is 3.30. The van der Waals surface area contributed by atoms with Gasteiger partial charge in [-0.2, -0.15) is 18.3 Å². The summed E-state index contributed by atoms with van der Waals surface area (Å²) >= 11 is 0. The van der Waals surface area contributed by atoms with Crippen molar-refractivity contribution >= 4 is 21.7 Å². The van der Waals surface area contributed by atoms with E-state index in [9.17, 15) is 13.2 Å². The molecule has 3 nitrogen and oxygen atoms in total. The first-order valence-corrected chi connectivity index (χ1v) is 12.3. The Morgan fingerprint density at radius 3 is 2.16 bits per heavy atom. The minimum absolute atomic E-state index is 0.0535. The van der Waals surface area contributed by atoms with Crippen molar-refractivity contribution in [3.8, 4) is 17.0 Å². The number of hydrogen-bond donors (Lipinski definition) is 0. The van der Waals surface area contributed by atoms with E-state index in [1.54, 1.807) is 10.7 Å². The second kappa shape index (κ2) is 9.71. The molecule has 6 aromatic rings. The number of aromatic nitrogens is 2. The molecule has 0 saturated heterocycles. The molecule has 5 aromatic carbocycles. The molecule has 38 heavy (non-hydrogen) atoms. The fourth-order valence-electron chi connectivity index (χ4n) is 4.84. The second-order valence-corrected chi connectivity index (χ2v) is 9.14. The predicted molar refractivity (Wildman–Crippen MR) is 144 cm³/mol. The Hall–Kier alpha value is -4.58. The van der Waals surface area contributed by atoms with Gasteiger partial charge in [-0.25, -0.2) is 0 Å². The summed E-state index contributed by atoms with van der Waals surface area (Å²) in [5.74, 6) is 0.677. The van der Waals surface area contributed by atoms with Crippen LogP contribution in [0.3, 0.4) is 0 Å². The van der Waals surface area contributed by atoms with Crippen molar-refractivity contribution in [2.24, 2.45) is 0 Å². The van der Waals surface area contributed by atoms with Gasteiger partial charge in [-0.3, -0.25) is 4.68 Å². The zero-order valence-electron chi connectivity index (χ0n) is 20.3. The maximum atomic E-state index is 13.8. The number of fused-ring (bicyclic) bond motifs is 2. The van der Waals surface area contributed by atoms with Gasteiger partial charge in [-0.1, -0.05) is 84.9 Å². The van der Waals surface area contributed by atoms with E-state index in [-0.39, 0.29) is 5.52 Å². The fourth-order valence-corrected chi connectivity index (χ4v) is 4.84. The van der Waals surface area contributed by atoms with Gasteiger partial charge in [-0.05, 0) is 52.2 Å². The molecule has 6 heteroatoms. The van der Waals surface area contributed by atoms with Gasteiger partial charge in [-0.15, -0.1) is 0 Å². The van der Waals surface area contributed by atoms with Gasteiger partial charge in [0, 0.05) is 10.9 Å². The molecule has 0 saturated carbocycles. The third-order valence-electron chi connectivity index (χ3n) is 6.65. The second-order valence-electron chi connectivity index (χ2n) is 9.14. The molecule has 0 amide bonds. The molecule has 0 atom stereocenters. The van der Waals surface area contributed by atoms with Crippen molar-refractivity contribution in [3.05, 3.63) is 132 Å². The monoisotopic (exact) mass is 508 g/mol. The summed E-state index contributed by atoms with van der Waals surface area (Å²) in [7, 11) is 0. The first-order valence-electron chi connectivity index (χ1n) is 12.3. The molecule has 1 aromatic heterocycles. The van der Waals surface area contributed by atoms with Crippen molar-refractivity contribution in [2.45, 2.75) is 19.3 Å². The van der Waals surface area contributed by atoms with Crippen LogP contribution in [-0.2, 0) is 19.3 Å². The van der Waals surface area contributed by atoms with E-state index in [1.165, 1.54) is 6.07 Å². The van der Waals surface area contributed by atoms with Crippen LogP contribution in [0.1, 0.15) is 16.7 Å². The Morgan fingerprint density at radius 1 is 0.684 bits per heavy atom. The van der Waals surface area contributed by atoms with Crippen LogP contribution in [0.25, 0.3) is 32.9 Å². The van der Waals surface area contributed by atoms with Gasteiger partial charge in [0.05, 0.1) is 17.8 Å². The van der Waals surface area contributed by atoms with Gasteiger partial charge in [0.1, 0.15) is 17.9 Å². The molecule has 188 valence electrons. The normalized spacial score (nSPS) is 11.8. The summed E-state index contributed by atoms with van der Waals surface area (Å²) in [6, 6.07) is 35.5. The van der Waals surface area contributed by atoms with E-state index in [0.29, 0.717) is 30.0 Å². The molecule has 0 aliphatic rings. The molecule has 0 radical (unpaired) electrons. The summed E-state index contributed by atoms with van der Waals surface area (Å²) < 4.78 is 49.1. The number of hydrogen-bond acceptors (Lipinski definition) is 2. The van der Waals surface area contributed by atoms with Crippen LogP contribution >= 0.6 is 0 Å². The Balaban J connectivity index is 1.35. The zero-order valence-corrected chi connectivity index (χ0v) is 20.3. The first-order chi connectivity index (χ1) is 18.5. The molecule has 0 fully saturated rings. The average molecular weight is 509 g/mol. The minimum atomic E-state index is -4.50. The third kappa shape index (κ3) is 4.61. The topological polar surface area (TPSA) is 27.1 Å². The molecular formula is C32H23F3N2O. The standard InChI is InChI=1S/C32H23F3N2O/c33-32(34,35)29-15-7-14-28-30(29)36-37(20-22-8-2-1-3-9-22)31(28)24-16-18-26(19-17-24)38-21-25-12-6-11-23-10-4-5-13-27(23)25/h1-19H,20-21H2. The Bertz CT molecular complexity index is 1720. The van der Waals surface area contributed by atoms with Crippen molar-refractivity contribution < 1.29 is 17.9 Å². The van der Waals surface area contributed by atoms with Crippen LogP contribution in [0.4, 0.5) is 13.2 Å². The van der Waals surface area contributed by atoms with Crippen molar-refractivity contribution in [1.29, 1.82) is 0 Å². The number of ether oxygens (including phenoxy) is 1. The number of benzene rings is 5. The molecule has 6 rings (SSSR count). The summed E-state index contributed by atoms with van der Waals surface area (Å²) in [6.07, 6.45) is -4.50. The highest BCUT2D eigenvalue weighted by molar-refractivity contribution is 5.95. The number of rotatable bonds is 6. The van der Waals surface area contributed by atoms with Crippen LogP contribution in [0.5, 0.6) is 5.75 Å². The quantitative estimate of drug-likeness (QED) is 0.226. The highest BCUT2D eigenvalue weighted by Gasteiger charge is 2.34. The van der Waals surface area contributed by atoms with Crippen LogP contribution in [0, 0.1) is 0 Å². The number of nitrogens with zero attached hydrogens (tertiary/aromatic N) is 2. The minimum Gasteiger partial charge on any atom is -0.489 e. The highest BCUT2D eigenvalue weighted by Crippen LogP contribution is 2.38.